The first-order valence-corrected chi connectivity index (χ1v) is 8.51. The molecule has 3 heterocycles. The van der Waals surface area contributed by atoms with Crippen molar-refractivity contribution in [3.63, 3.8) is 0 Å². The number of benzene rings is 1. The molecule has 0 N–H and O–H groups in total. The summed E-state index contributed by atoms with van der Waals surface area (Å²) in [4.78, 5) is 29.5. The van der Waals surface area contributed by atoms with E-state index in [-0.39, 0.29) is 18.0 Å². The minimum absolute atomic E-state index is 0.0950. The Hall–Kier alpha value is -3.29. The number of rotatable bonds is 4. The van der Waals surface area contributed by atoms with Crippen molar-refractivity contribution in [1.82, 2.24) is 24.3 Å². The second-order valence-electron chi connectivity index (χ2n) is 6.05. The topological polar surface area (TPSA) is 85.4 Å². The second-order valence-corrected chi connectivity index (χ2v) is 6.05. The average molecular weight is 350 g/mol. The van der Waals surface area contributed by atoms with E-state index in [1.807, 2.05) is 37.3 Å². The third-order valence-electron chi connectivity index (χ3n) is 4.42. The first kappa shape index (κ1) is 16.2. The third kappa shape index (κ3) is 2.79. The van der Waals surface area contributed by atoms with E-state index < -0.39 is 0 Å². The Kier molecular flexibility index (Phi) is 4.08. The van der Waals surface area contributed by atoms with Crippen LogP contribution in [0.5, 0.6) is 0 Å². The molecule has 8 heteroatoms. The normalized spacial score (nSPS) is 14.0. The SMILES string of the molecule is CCn1ncc2ncn(CC(=O)N3CCC(c4ccccc4)=N3)c(=O)c21. The Morgan fingerprint density at radius 1 is 1.23 bits per heavy atom. The van der Waals surface area contributed by atoms with Gasteiger partial charge in [0.25, 0.3) is 11.5 Å². The molecule has 8 nitrogen and oxygen atoms in total. The maximum Gasteiger partial charge on any atom is 0.279 e. The highest BCUT2D eigenvalue weighted by Crippen LogP contribution is 2.14. The van der Waals surface area contributed by atoms with Crippen LogP contribution in [0, 0.1) is 0 Å². The molecule has 4 rings (SSSR count). The van der Waals surface area contributed by atoms with Crippen LogP contribution in [0.1, 0.15) is 18.9 Å². The van der Waals surface area contributed by atoms with Crippen LogP contribution in [-0.2, 0) is 17.9 Å². The Bertz CT molecular complexity index is 1050. The summed E-state index contributed by atoms with van der Waals surface area (Å²) in [5.41, 5.74) is 2.57. The number of nitrogens with zero attached hydrogens (tertiary/aromatic N) is 6. The number of aromatic nitrogens is 4. The molecule has 0 saturated heterocycles. The van der Waals surface area contributed by atoms with Crippen molar-refractivity contribution in [1.29, 1.82) is 0 Å². The summed E-state index contributed by atoms with van der Waals surface area (Å²) >= 11 is 0. The fraction of sp³-hybridized carbons (Fsp3) is 0.278. The number of fused-ring (bicyclic) bond motifs is 1. The Balaban J connectivity index is 1.57. The number of hydrogen-bond donors (Lipinski definition) is 0. The molecule has 1 aromatic carbocycles. The van der Waals surface area contributed by atoms with E-state index in [4.69, 9.17) is 0 Å². The van der Waals surface area contributed by atoms with Gasteiger partial charge < -0.3 is 0 Å². The van der Waals surface area contributed by atoms with Crippen LogP contribution in [0.4, 0.5) is 0 Å². The molecule has 1 aliphatic rings. The van der Waals surface area contributed by atoms with Crippen LogP contribution in [0.25, 0.3) is 11.0 Å². The van der Waals surface area contributed by atoms with Gasteiger partial charge in [-0.15, -0.1) is 0 Å². The second kappa shape index (κ2) is 6.55. The number of aryl methyl sites for hydroxylation is 1. The fourth-order valence-corrected chi connectivity index (χ4v) is 3.06. The summed E-state index contributed by atoms with van der Waals surface area (Å²) in [6.45, 7) is 2.89. The lowest BCUT2D eigenvalue weighted by atomic mass is 10.1. The van der Waals surface area contributed by atoms with Gasteiger partial charge in [0.15, 0.2) is 5.52 Å². The van der Waals surface area contributed by atoms with E-state index in [0.717, 1.165) is 11.3 Å². The van der Waals surface area contributed by atoms with Gasteiger partial charge in [0.2, 0.25) is 0 Å². The highest BCUT2D eigenvalue weighted by atomic mass is 16.2. The summed E-state index contributed by atoms with van der Waals surface area (Å²) in [5, 5.41) is 9.98. The Morgan fingerprint density at radius 3 is 2.81 bits per heavy atom. The molecule has 0 radical (unpaired) electrons. The zero-order valence-corrected chi connectivity index (χ0v) is 14.4. The molecular weight excluding hydrogens is 332 g/mol. The first-order valence-electron chi connectivity index (χ1n) is 8.51. The molecule has 0 bridgehead atoms. The van der Waals surface area contributed by atoms with E-state index >= 15 is 0 Å². The van der Waals surface area contributed by atoms with Crippen LogP contribution in [-0.4, -0.2) is 42.5 Å². The van der Waals surface area contributed by atoms with Gasteiger partial charge in [-0.05, 0) is 12.5 Å². The number of hydrazone groups is 1. The minimum Gasteiger partial charge on any atom is -0.288 e. The van der Waals surface area contributed by atoms with E-state index in [1.165, 1.54) is 15.9 Å². The quantitative estimate of drug-likeness (QED) is 0.709. The van der Waals surface area contributed by atoms with Crippen molar-refractivity contribution in [3.8, 4) is 0 Å². The van der Waals surface area contributed by atoms with Crippen molar-refractivity contribution in [3.05, 3.63) is 58.8 Å². The van der Waals surface area contributed by atoms with Gasteiger partial charge in [0.1, 0.15) is 12.1 Å². The van der Waals surface area contributed by atoms with Crippen molar-refractivity contribution in [2.45, 2.75) is 26.4 Å². The standard InChI is InChI=1S/C18H18N6O2/c1-2-23-17-15(10-20-23)19-12-22(18(17)26)11-16(25)24-9-8-14(21-24)13-6-4-3-5-7-13/h3-7,10,12H,2,8-9,11H2,1H3. The first-order chi connectivity index (χ1) is 12.7. The number of carbonyl (C=O) groups excluding carboxylic acids is 1. The fourth-order valence-electron chi connectivity index (χ4n) is 3.06. The van der Waals surface area contributed by atoms with Gasteiger partial charge in [-0.3, -0.25) is 18.8 Å². The Morgan fingerprint density at radius 2 is 2.04 bits per heavy atom. The lowest BCUT2D eigenvalue weighted by Crippen LogP contribution is -2.32. The van der Waals surface area contributed by atoms with Crippen LogP contribution in [0.2, 0.25) is 0 Å². The predicted octanol–water partition coefficient (Wildman–Crippen LogP) is 1.25. The molecular formula is C18H18N6O2. The van der Waals surface area contributed by atoms with Gasteiger partial charge in [-0.25, -0.2) is 9.99 Å². The molecule has 0 aliphatic carbocycles. The van der Waals surface area contributed by atoms with Crippen LogP contribution < -0.4 is 5.56 Å². The van der Waals surface area contributed by atoms with Gasteiger partial charge in [0.05, 0.1) is 24.8 Å². The van der Waals surface area contributed by atoms with E-state index in [9.17, 15) is 9.59 Å². The summed E-state index contributed by atoms with van der Waals surface area (Å²) in [7, 11) is 0. The maximum absolute atomic E-state index is 12.7. The number of hydrogen-bond acceptors (Lipinski definition) is 5. The highest BCUT2D eigenvalue weighted by molar-refractivity contribution is 6.02. The van der Waals surface area contributed by atoms with E-state index in [1.54, 1.807) is 10.9 Å². The molecule has 26 heavy (non-hydrogen) atoms. The van der Waals surface area contributed by atoms with Gasteiger partial charge in [-0.1, -0.05) is 30.3 Å². The van der Waals surface area contributed by atoms with Crippen LogP contribution in [0.15, 0.2) is 52.8 Å². The predicted molar refractivity (Wildman–Crippen MR) is 96.8 cm³/mol. The smallest absolute Gasteiger partial charge is 0.279 e. The molecule has 0 spiro atoms. The lowest BCUT2D eigenvalue weighted by Gasteiger charge is -2.12. The minimum atomic E-state index is -0.269. The summed E-state index contributed by atoms with van der Waals surface area (Å²) < 4.78 is 2.90. The molecule has 0 unspecified atom stereocenters. The van der Waals surface area contributed by atoms with E-state index in [2.05, 4.69) is 15.2 Å². The van der Waals surface area contributed by atoms with Gasteiger partial charge in [-0.2, -0.15) is 10.2 Å². The molecule has 1 amide bonds. The van der Waals surface area contributed by atoms with Crippen molar-refractivity contribution >= 4 is 22.7 Å². The van der Waals surface area contributed by atoms with E-state index in [0.29, 0.717) is 30.5 Å². The maximum atomic E-state index is 12.7. The number of carbonyl (C=O) groups is 1. The molecule has 3 aromatic rings. The average Bonchev–Trinajstić information content (AvgIpc) is 3.32. The summed E-state index contributed by atoms with van der Waals surface area (Å²) in [6, 6.07) is 9.78. The van der Waals surface area contributed by atoms with Crippen molar-refractivity contribution < 1.29 is 4.79 Å². The molecule has 2 aromatic heterocycles. The summed E-state index contributed by atoms with van der Waals surface area (Å²) in [6.07, 6.45) is 3.65. The number of amides is 1. The Labute approximate surface area is 149 Å². The largest absolute Gasteiger partial charge is 0.288 e. The van der Waals surface area contributed by atoms with Crippen molar-refractivity contribution in [2.24, 2.45) is 5.10 Å². The lowest BCUT2D eigenvalue weighted by molar-refractivity contribution is -0.131. The van der Waals surface area contributed by atoms with Crippen LogP contribution >= 0.6 is 0 Å². The molecule has 132 valence electrons. The molecule has 0 saturated carbocycles. The van der Waals surface area contributed by atoms with Crippen molar-refractivity contribution in [2.75, 3.05) is 6.54 Å². The zero-order valence-electron chi connectivity index (χ0n) is 14.4. The summed E-state index contributed by atoms with van der Waals surface area (Å²) in [5.74, 6) is -0.234. The molecule has 0 fully saturated rings. The zero-order chi connectivity index (χ0) is 18.1. The molecule has 0 atom stereocenters. The third-order valence-corrected chi connectivity index (χ3v) is 4.42. The van der Waals surface area contributed by atoms with Crippen LogP contribution in [0.3, 0.4) is 0 Å². The monoisotopic (exact) mass is 350 g/mol. The van der Waals surface area contributed by atoms with Gasteiger partial charge >= 0.3 is 0 Å². The highest BCUT2D eigenvalue weighted by Gasteiger charge is 2.22. The molecule has 1 aliphatic heterocycles. The van der Waals surface area contributed by atoms with Gasteiger partial charge in [0, 0.05) is 13.0 Å².